The van der Waals surface area contributed by atoms with Gasteiger partial charge in [0.1, 0.15) is 0 Å². The second-order valence-electron chi connectivity index (χ2n) is 3.06. The molecule has 1 atom stereocenters. The van der Waals surface area contributed by atoms with E-state index in [9.17, 15) is 4.79 Å². The highest BCUT2D eigenvalue weighted by Gasteiger charge is 2.15. The van der Waals surface area contributed by atoms with Gasteiger partial charge in [-0.15, -0.1) is 0 Å². The van der Waals surface area contributed by atoms with E-state index in [1.165, 1.54) is 4.90 Å². The zero-order valence-corrected chi connectivity index (χ0v) is 8.06. The van der Waals surface area contributed by atoms with Crippen molar-refractivity contribution in [1.29, 1.82) is 0 Å². The number of amides is 1. The third-order valence-corrected chi connectivity index (χ3v) is 1.80. The van der Waals surface area contributed by atoms with Gasteiger partial charge in [-0.1, -0.05) is 0 Å². The zero-order chi connectivity index (χ0) is 10.0. The Labute approximate surface area is 77.1 Å². The van der Waals surface area contributed by atoms with Gasteiger partial charge in [0.2, 0.25) is 5.91 Å². The van der Waals surface area contributed by atoms with E-state index in [1.807, 2.05) is 0 Å². The Morgan fingerprint density at radius 3 is 2.77 bits per heavy atom. The lowest BCUT2D eigenvalue weighted by molar-refractivity contribution is -0.119. The fraction of sp³-hybridized carbons (Fsp3) is 0.500. The van der Waals surface area contributed by atoms with Crippen molar-refractivity contribution in [1.82, 2.24) is 9.78 Å². The number of nitrogens with zero attached hydrogens (tertiary/aromatic N) is 3. The van der Waals surface area contributed by atoms with Crippen molar-refractivity contribution in [3.8, 4) is 0 Å². The molecule has 0 aliphatic heterocycles. The Balaban J connectivity index is 2.79. The molecule has 1 aromatic rings. The zero-order valence-electron chi connectivity index (χ0n) is 8.06. The van der Waals surface area contributed by atoms with Gasteiger partial charge >= 0.3 is 0 Å². The van der Waals surface area contributed by atoms with Crippen molar-refractivity contribution in [2.45, 2.75) is 13.0 Å². The second-order valence-corrected chi connectivity index (χ2v) is 3.06. The molecule has 1 heterocycles. The highest BCUT2D eigenvalue weighted by Crippen LogP contribution is 2.10. The summed E-state index contributed by atoms with van der Waals surface area (Å²) in [5.74, 6) is -0.118. The molecule has 5 nitrogen and oxygen atoms in total. The van der Waals surface area contributed by atoms with Crippen molar-refractivity contribution >= 4 is 11.6 Å². The summed E-state index contributed by atoms with van der Waals surface area (Å²) in [5.41, 5.74) is 6.22. The first-order valence-electron chi connectivity index (χ1n) is 4.04. The molecule has 72 valence electrons. The second kappa shape index (κ2) is 3.57. The Hall–Kier alpha value is -1.36. The predicted octanol–water partition coefficient (Wildman–Crippen LogP) is -0.270. The van der Waals surface area contributed by atoms with Crippen molar-refractivity contribution in [2.24, 2.45) is 12.8 Å². The number of likely N-dealkylation sites (N-methyl/N-ethyl adjacent to an activating group) is 1. The Bertz CT molecular complexity index is 305. The maximum Gasteiger partial charge on any atom is 0.243 e. The fourth-order valence-electron chi connectivity index (χ4n) is 1.01. The third kappa shape index (κ3) is 2.06. The first-order valence-corrected chi connectivity index (χ1v) is 4.04. The van der Waals surface area contributed by atoms with Gasteiger partial charge in [-0.25, -0.2) is 0 Å². The summed E-state index contributed by atoms with van der Waals surface area (Å²) in [6.07, 6.45) is 3.39. The Morgan fingerprint density at radius 2 is 2.38 bits per heavy atom. The topological polar surface area (TPSA) is 64.2 Å². The number of anilines is 1. The van der Waals surface area contributed by atoms with Gasteiger partial charge in [0, 0.05) is 20.3 Å². The van der Waals surface area contributed by atoms with Crippen LogP contribution in [-0.2, 0) is 11.8 Å². The summed E-state index contributed by atoms with van der Waals surface area (Å²) in [6.45, 7) is 1.66. The number of nitrogens with two attached hydrogens (primary N) is 1. The van der Waals surface area contributed by atoms with Crippen LogP contribution in [0.2, 0.25) is 0 Å². The number of carbonyl (C=O) groups is 1. The molecule has 0 radical (unpaired) electrons. The molecule has 0 aliphatic rings. The van der Waals surface area contributed by atoms with Crippen LogP contribution in [0.1, 0.15) is 6.92 Å². The minimum atomic E-state index is -0.481. The summed E-state index contributed by atoms with van der Waals surface area (Å²) >= 11 is 0. The number of rotatable bonds is 2. The molecule has 1 rings (SSSR count). The molecule has 0 spiro atoms. The van der Waals surface area contributed by atoms with Gasteiger partial charge in [-0.2, -0.15) is 5.10 Å². The summed E-state index contributed by atoms with van der Waals surface area (Å²) in [7, 11) is 3.48. The van der Waals surface area contributed by atoms with Gasteiger partial charge in [-0.05, 0) is 6.92 Å². The molecule has 0 saturated carbocycles. The SMILES string of the molecule is CC(N)C(=O)N(C)c1cnn(C)c1. The highest BCUT2D eigenvalue weighted by atomic mass is 16.2. The predicted molar refractivity (Wildman–Crippen MR) is 50.3 cm³/mol. The average molecular weight is 182 g/mol. The van der Waals surface area contributed by atoms with E-state index in [2.05, 4.69) is 5.10 Å². The molecule has 0 aromatic carbocycles. The number of carbonyl (C=O) groups excluding carboxylic acids is 1. The summed E-state index contributed by atoms with van der Waals surface area (Å²) in [4.78, 5) is 12.9. The van der Waals surface area contributed by atoms with Crippen LogP contribution in [0.15, 0.2) is 12.4 Å². The van der Waals surface area contributed by atoms with Gasteiger partial charge in [0.25, 0.3) is 0 Å². The van der Waals surface area contributed by atoms with Crippen LogP contribution in [0, 0.1) is 0 Å². The van der Waals surface area contributed by atoms with E-state index in [1.54, 1.807) is 38.1 Å². The van der Waals surface area contributed by atoms with Crippen molar-refractivity contribution in [2.75, 3.05) is 11.9 Å². The van der Waals surface area contributed by atoms with E-state index >= 15 is 0 Å². The summed E-state index contributed by atoms with van der Waals surface area (Å²) in [5, 5.41) is 3.96. The maximum absolute atomic E-state index is 11.4. The van der Waals surface area contributed by atoms with Crippen LogP contribution in [-0.4, -0.2) is 28.8 Å². The Kier molecular flexibility index (Phi) is 2.67. The van der Waals surface area contributed by atoms with Gasteiger partial charge in [0.15, 0.2) is 0 Å². The molecule has 0 aliphatic carbocycles. The van der Waals surface area contributed by atoms with E-state index in [0.29, 0.717) is 0 Å². The van der Waals surface area contributed by atoms with Crippen LogP contribution in [0.4, 0.5) is 5.69 Å². The lowest BCUT2D eigenvalue weighted by atomic mass is 10.3. The molecule has 5 heteroatoms. The number of aromatic nitrogens is 2. The van der Waals surface area contributed by atoms with Crippen molar-refractivity contribution < 1.29 is 4.79 Å². The summed E-state index contributed by atoms with van der Waals surface area (Å²) < 4.78 is 1.64. The lowest BCUT2D eigenvalue weighted by Gasteiger charge is -2.16. The lowest BCUT2D eigenvalue weighted by Crippen LogP contribution is -2.39. The number of hydrogen-bond acceptors (Lipinski definition) is 3. The van der Waals surface area contributed by atoms with Gasteiger partial charge in [-0.3, -0.25) is 9.48 Å². The van der Waals surface area contributed by atoms with Gasteiger partial charge < -0.3 is 10.6 Å². The van der Waals surface area contributed by atoms with Crippen molar-refractivity contribution in [3.05, 3.63) is 12.4 Å². The average Bonchev–Trinajstić information content (AvgIpc) is 2.49. The number of aryl methyl sites for hydroxylation is 1. The molecule has 1 amide bonds. The standard InChI is InChI=1S/C8H14N4O/c1-6(9)8(13)12(3)7-4-10-11(2)5-7/h4-6H,9H2,1-3H3. The molecular formula is C8H14N4O. The van der Waals surface area contributed by atoms with E-state index in [4.69, 9.17) is 5.73 Å². The van der Waals surface area contributed by atoms with Crippen LogP contribution >= 0.6 is 0 Å². The van der Waals surface area contributed by atoms with Crippen LogP contribution in [0.25, 0.3) is 0 Å². The number of hydrogen-bond donors (Lipinski definition) is 1. The fourth-order valence-corrected chi connectivity index (χ4v) is 1.01. The normalized spacial score (nSPS) is 12.6. The van der Waals surface area contributed by atoms with Crippen LogP contribution in [0.3, 0.4) is 0 Å². The summed E-state index contributed by atoms with van der Waals surface area (Å²) in [6, 6.07) is -0.481. The first-order chi connectivity index (χ1) is 6.02. The minimum absolute atomic E-state index is 0.118. The quantitative estimate of drug-likeness (QED) is 0.684. The molecule has 2 N–H and O–H groups in total. The highest BCUT2D eigenvalue weighted by molar-refractivity contribution is 5.95. The van der Waals surface area contributed by atoms with E-state index in [-0.39, 0.29) is 5.91 Å². The largest absolute Gasteiger partial charge is 0.320 e. The monoisotopic (exact) mass is 182 g/mol. The third-order valence-electron chi connectivity index (χ3n) is 1.80. The minimum Gasteiger partial charge on any atom is -0.320 e. The molecule has 1 unspecified atom stereocenters. The molecule has 13 heavy (non-hydrogen) atoms. The van der Waals surface area contributed by atoms with Gasteiger partial charge in [0.05, 0.1) is 17.9 Å². The molecular weight excluding hydrogens is 168 g/mol. The first kappa shape index (κ1) is 9.73. The van der Waals surface area contributed by atoms with Crippen LogP contribution < -0.4 is 10.6 Å². The van der Waals surface area contributed by atoms with E-state index < -0.39 is 6.04 Å². The Morgan fingerprint density at radius 1 is 1.77 bits per heavy atom. The van der Waals surface area contributed by atoms with Crippen molar-refractivity contribution in [3.63, 3.8) is 0 Å². The maximum atomic E-state index is 11.4. The molecule has 1 aromatic heterocycles. The molecule has 0 saturated heterocycles. The van der Waals surface area contributed by atoms with E-state index in [0.717, 1.165) is 5.69 Å². The molecule has 0 fully saturated rings. The smallest absolute Gasteiger partial charge is 0.243 e. The van der Waals surface area contributed by atoms with Crippen LogP contribution in [0.5, 0.6) is 0 Å². The molecule has 0 bridgehead atoms.